The summed E-state index contributed by atoms with van der Waals surface area (Å²) in [6.07, 6.45) is 7.54. The number of nitrogens with one attached hydrogen (secondary N) is 1. The van der Waals surface area contributed by atoms with Gasteiger partial charge in [0.15, 0.2) is 0 Å². The molecule has 1 unspecified atom stereocenters. The van der Waals surface area contributed by atoms with Crippen molar-refractivity contribution in [3.8, 4) is 0 Å². The highest BCUT2D eigenvalue weighted by atomic mass is 28.1. The Bertz CT molecular complexity index is 643. The third-order valence-corrected chi connectivity index (χ3v) is 3.98. The zero-order chi connectivity index (χ0) is 13.8. The van der Waals surface area contributed by atoms with E-state index >= 15 is 0 Å². The van der Waals surface area contributed by atoms with E-state index < -0.39 is 0 Å². The molecule has 2 heteroatoms. The molecule has 0 bridgehead atoms. The van der Waals surface area contributed by atoms with Crippen LogP contribution in [0.3, 0.4) is 0 Å². The van der Waals surface area contributed by atoms with Gasteiger partial charge in [-0.05, 0) is 29.7 Å². The first-order valence-corrected chi connectivity index (χ1v) is 7.32. The summed E-state index contributed by atoms with van der Waals surface area (Å²) >= 11 is 0. The second-order valence-corrected chi connectivity index (χ2v) is 5.44. The minimum absolute atomic E-state index is 0.195. The number of para-hydroxylation sites is 1. The van der Waals surface area contributed by atoms with E-state index in [1.54, 1.807) is 0 Å². The summed E-state index contributed by atoms with van der Waals surface area (Å²) < 4.78 is 0. The zero-order valence-corrected chi connectivity index (χ0v) is 12.2. The molecule has 3 rings (SSSR count). The molecule has 1 N–H and O–H groups in total. The van der Waals surface area contributed by atoms with Crippen molar-refractivity contribution in [1.29, 1.82) is 0 Å². The van der Waals surface area contributed by atoms with E-state index in [0.717, 1.165) is 17.3 Å². The minimum atomic E-state index is 0.195. The molecule has 0 aromatic heterocycles. The van der Waals surface area contributed by atoms with Gasteiger partial charge in [0.1, 0.15) is 0 Å². The lowest BCUT2D eigenvalue weighted by atomic mass is 9.97. The van der Waals surface area contributed by atoms with Crippen LogP contribution < -0.4 is 10.5 Å². The maximum Gasteiger partial charge on any atom is 0.0731 e. The Morgan fingerprint density at radius 1 is 0.950 bits per heavy atom. The summed E-state index contributed by atoms with van der Waals surface area (Å²) in [6, 6.07) is 18.9. The quantitative estimate of drug-likeness (QED) is 0.841. The summed E-state index contributed by atoms with van der Waals surface area (Å²) in [5.74, 6) is 0. The molecule has 1 nitrogen and oxygen atoms in total. The van der Waals surface area contributed by atoms with Gasteiger partial charge < -0.3 is 5.32 Å². The fraction of sp³-hybridized carbons (Fsp3) is 0.111. The number of hydrogen-bond donors (Lipinski definition) is 1. The topological polar surface area (TPSA) is 12.0 Å². The second-order valence-electron chi connectivity index (χ2n) is 4.90. The molecule has 0 fully saturated rings. The van der Waals surface area contributed by atoms with Gasteiger partial charge >= 0.3 is 0 Å². The van der Waals surface area contributed by atoms with E-state index in [2.05, 4.69) is 76.3 Å². The molecule has 0 saturated carbocycles. The van der Waals surface area contributed by atoms with Gasteiger partial charge in [-0.25, -0.2) is 0 Å². The fourth-order valence-electron chi connectivity index (χ4n) is 2.50. The van der Waals surface area contributed by atoms with E-state index in [1.807, 2.05) is 12.1 Å². The highest BCUT2D eigenvalue weighted by Gasteiger charge is 2.18. The van der Waals surface area contributed by atoms with Crippen molar-refractivity contribution in [3.05, 3.63) is 84.0 Å². The molecule has 1 aliphatic rings. The van der Waals surface area contributed by atoms with E-state index in [4.69, 9.17) is 0 Å². The summed E-state index contributed by atoms with van der Waals surface area (Å²) in [7, 11) is 3.72. The van der Waals surface area contributed by atoms with Gasteiger partial charge in [-0.2, -0.15) is 0 Å². The Balaban J connectivity index is 1.95. The first-order valence-electron chi connectivity index (χ1n) is 6.82. The summed E-state index contributed by atoms with van der Waals surface area (Å²) in [4.78, 5) is 0. The summed E-state index contributed by atoms with van der Waals surface area (Å²) in [6.45, 7) is 0. The molecular weight excluding hydrogens is 258 g/mol. The predicted molar refractivity (Wildman–Crippen MR) is 86.5 cm³/mol. The van der Waals surface area contributed by atoms with Crippen molar-refractivity contribution < 1.29 is 0 Å². The molecule has 3 radical (unpaired) electrons. The molecule has 2 aromatic carbocycles. The number of allylic oxidation sites excluding steroid dienone is 3. The van der Waals surface area contributed by atoms with Crippen LogP contribution in [0.1, 0.15) is 18.0 Å². The molecule has 0 aliphatic heterocycles. The van der Waals surface area contributed by atoms with E-state index in [9.17, 15) is 0 Å². The van der Waals surface area contributed by atoms with Crippen LogP contribution in [0.25, 0.3) is 0 Å². The van der Waals surface area contributed by atoms with E-state index in [0.29, 0.717) is 0 Å². The zero-order valence-electron chi connectivity index (χ0n) is 11.2. The van der Waals surface area contributed by atoms with Crippen LogP contribution in [0.5, 0.6) is 0 Å². The van der Waals surface area contributed by atoms with Crippen LogP contribution in [0.15, 0.2) is 78.4 Å². The van der Waals surface area contributed by atoms with Crippen molar-refractivity contribution in [3.63, 3.8) is 0 Å². The van der Waals surface area contributed by atoms with Gasteiger partial charge in [0.2, 0.25) is 0 Å². The number of hydrogen-bond acceptors (Lipinski definition) is 1. The number of rotatable bonds is 4. The van der Waals surface area contributed by atoms with Crippen molar-refractivity contribution in [2.45, 2.75) is 12.5 Å². The summed E-state index contributed by atoms with van der Waals surface area (Å²) in [5.41, 5.74) is 3.79. The average molecular weight is 274 g/mol. The van der Waals surface area contributed by atoms with Crippen molar-refractivity contribution in [1.82, 2.24) is 0 Å². The molecule has 0 saturated heterocycles. The third-order valence-electron chi connectivity index (χ3n) is 3.53. The highest BCUT2D eigenvalue weighted by Crippen LogP contribution is 2.30. The van der Waals surface area contributed by atoms with Crippen LogP contribution >= 0.6 is 0 Å². The predicted octanol–water partition coefficient (Wildman–Crippen LogP) is 3.52. The van der Waals surface area contributed by atoms with Crippen LogP contribution in [0.2, 0.25) is 0 Å². The first-order chi connectivity index (χ1) is 9.84. The molecule has 20 heavy (non-hydrogen) atoms. The van der Waals surface area contributed by atoms with Crippen LogP contribution in [-0.2, 0) is 0 Å². The van der Waals surface area contributed by atoms with Crippen molar-refractivity contribution in [2.75, 3.05) is 5.32 Å². The Morgan fingerprint density at radius 2 is 1.70 bits per heavy atom. The molecular formula is C18H16NSi. The first kappa shape index (κ1) is 12.9. The van der Waals surface area contributed by atoms with Gasteiger partial charge in [-0.15, -0.1) is 0 Å². The number of anilines is 1. The Hall–Kier alpha value is -2.06. The monoisotopic (exact) mass is 274 g/mol. The lowest BCUT2D eigenvalue weighted by Gasteiger charge is -2.23. The smallest absolute Gasteiger partial charge is 0.0731 e. The highest BCUT2D eigenvalue weighted by molar-refractivity contribution is 6.33. The van der Waals surface area contributed by atoms with Gasteiger partial charge in [0.05, 0.1) is 16.3 Å². The maximum absolute atomic E-state index is 3.72. The van der Waals surface area contributed by atoms with E-state index in [-0.39, 0.29) is 6.04 Å². The van der Waals surface area contributed by atoms with Gasteiger partial charge in [-0.3, -0.25) is 0 Å². The van der Waals surface area contributed by atoms with E-state index in [1.165, 1.54) is 11.1 Å². The Morgan fingerprint density at radius 3 is 2.40 bits per heavy atom. The fourth-order valence-corrected chi connectivity index (χ4v) is 2.82. The Labute approximate surface area is 123 Å². The van der Waals surface area contributed by atoms with Crippen molar-refractivity contribution >= 4 is 21.1 Å². The largest absolute Gasteiger partial charge is 0.374 e. The SMILES string of the molecule is [Si]c1ccccc1C(Nc1ccccc1)C1=CC=CC1. The molecule has 1 aliphatic carbocycles. The molecule has 0 heterocycles. The maximum atomic E-state index is 3.72. The molecule has 1 atom stereocenters. The third kappa shape index (κ3) is 2.75. The van der Waals surface area contributed by atoms with Gasteiger partial charge in [-0.1, -0.05) is 65.9 Å². The molecule has 97 valence electrons. The van der Waals surface area contributed by atoms with Crippen LogP contribution in [0, 0.1) is 0 Å². The van der Waals surface area contributed by atoms with Gasteiger partial charge in [0, 0.05) is 5.69 Å². The number of benzene rings is 2. The molecule has 0 spiro atoms. The lowest BCUT2D eigenvalue weighted by Crippen LogP contribution is -2.21. The van der Waals surface area contributed by atoms with Crippen LogP contribution in [-0.4, -0.2) is 10.2 Å². The standard InChI is InChI=1S/C18H16NSi/c20-17-13-7-6-12-16(17)18(14-8-4-5-9-14)19-15-10-2-1-3-11-15/h1-8,10-13,18-19H,9H2. The van der Waals surface area contributed by atoms with Gasteiger partial charge in [0.25, 0.3) is 0 Å². The summed E-state index contributed by atoms with van der Waals surface area (Å²) in [5, 5.41) is 4.77. The molecule has 2 aromatic rings. The lowest BCUT2D eigenvalue weighted by molar-refractivity contribution is 0.893. The minimum Gasteiger partial charge on any atom is -0.374 e. The Kier molecular flexibility index (Phi) is 3.84. The second kappa shape index (κ2) is 5.93. The normalized spacial score (nSPS) is 14.9. The van der Waals surface area contributed by atoms with Crippen molar-refractivity contribution in [2.24, 2.45) is 0 Å². The average Bonchev–Trinajstić information content (AvgIpc) is 3.01. The van der Waals surface area contributed by atoms with Crippen LogP contribution in [0.4, 0.5) is 5.69 Å². The molecule has 0 amide bonds.